The van der Waals surface area contributed by atoms with Crippen molar-refractivity contribution in [2.75, 3.05) is 21.3 Å². The number of rotatable bonds is 6. The molecule has 0 saturated heterocycles. The van der Waals surface area contributed by atoms with Crippen LogP contribution in [0.5, 0.6) is 0 Å². The summed E-state index contributed by atoms with van der Waals surface area (Å²) in [7, 11) is 5.01. The number of hydrogen-bond acceptors (Lipinski definition) is 4. The normalized spacial score (nSPS) is 18.7. The molecule has 4 heteroatoms. The van der Waals surface area contributed by atoms with Crippen molar-refractivity contribution < 1.29 is 14.2 Å². The summed E-state index contributed by atoms with van der Waals surface area (Å²) in [5.41, 5.74) is 0. The van der Waals surface area contributed by atoms with Gasteiger partial charge in [0.1, 0.15) is 18.7 Å². The largest absolute Gasteiger partial charge is 0.367 e. The summed E-state index contributed by atoms with van der Waals surface area (Å²) >= 11 is 0. The van der Waals surface area contributed by atoms with E-state index in [4.69, 9.17) is 14.2 Å². The Morgan fingerprint density at radius 3 is 1.08 bits per heavy atom. The van der Waals surface area contributed by atoms with Gasteiger partial charge in [0.2, 0.25) is 0 Å². The van der Waals surface area contributed by atoms with E-state index in [9.17, 15) is 0 Å². The van der Waals surface area contributed by atoms with Crippen molar-refractivity contribution in [2.24, 2.45) is 0 Å². The Hall–Kier alpha value is -0.160. The summed E-state index contributed by atoms with van der Waals surface area (Å²) in [4.78, 5) is 2.00. The second kappa shape index (κ2) is 6.32. The predicted molar refractivity (Wildman–Crippen MR) is 51.3 cm³/mol. The molecule has 3 unspecified atom stereocenters. The third-order valence-corrected chi connectivity index (χ3v) is 2.28. The van der Waals surface area contributed by atoms with Crippen LogP contribution in [0.3, 0.4) is 0 Å². The molecule has 0 amide bonds. The van der Waals surface area contributed by atoms with Crippen LogP contribution in [0.4, 0.5) is 0 Å². The molecule has 0 radical (unpaired) electrons. The minimum atomic E-state index is -0.0232. The van der Waals surface area contributed by atoms with Crippen LogP contribution < -0.4 is 0 Å². The van der Waals surface area contributed by atoms with Gasteiger partial charge in [-0.2, -0.15) is 0 Å². The van der Waals surface area contributed by atoms with E-state index < -0.39 is 0 Å². The zero-order valence-corrected chi connectivity index (χ0v) is 9.40. The molecule has 0 saturated carbocycles. The van der Waals surface area contributed by atoms with Gasteiger partial charge in [-0.1, -0.05) is 0 Å². The summed E-state index contributed by atoms with van der Waals surface area (Å²) < 4.78 is 15.7. The lowest BCUT2D eigenvalue weighted by Gasteiger charge is -2.36. The Balaban J connectivity index is 4.34. The van der Waals surface area contributed by atoms with Crippen molar-refractivity contribution in [3.63, 3.8) is 0 Å². The Morgan fingerprint density at radius 1 is 0.692 bits per heavy atom. The van der Waals surface area contributed by atoms with Gasteiger partial charge in [0, 0.05) is 21.3 Å². The van der Waals surface area contributed by atoms with E-state index in [1.54, 1.807) is 21.3 Å². The van der Waals surface area contributed by atoms with E-state index in [1.165, 1.54) is 0 Å². The zero-order valence-electron chi connectivity index (χ0n) is 9.40. The van der Waals surface area contributed by atoms with Gasteiger partial charge in [0.15, 0.2) is 0 Å². The molecule has 0 aromatic rings. The molecule has 0 N–H and O–H groups in total. The molecule has 0 fully saturated rings. The monoisotopic (exact) mass is 191 g/mol. The van der Waals surface area contributed by atoms with Gasteiger partial charge in [-0.25, -0.2) is 4.90 Å². The van der Waals surface area contributed by atoms with Crippen molar-refractivity contribution in [3.8, 4) is 0 Å². The summed E-state index contributed by atoms with van der Waals surface area (Å²) in [5, 5.41) is 0. The van der Waals surface area contributed by atoms with Crippen LogP contribution >= 0.6 is 0 Å². The van der Waals surface area contributed by atoms with Crippen LogP contribution in [0, 0.1) is 0 Å². The maximum Gasteiger partial charge on any atom is 0.111 e. The van der Waals surface area contributed by atoms with Gasteiger partial charge in [0.25, 0.3) is 0 Å². The minimum absolute atomic E-state index is 0.0232. The van der Waals surface area contributed by atoms with Gasteiger partial charge in [-0.3, -0.25) is 0 Å². The van der Waals surface area contributed by atoms with Crippen LogP contribution in [-0.2, 0) is 14.2 Å². The standard InChI is InChI=1S/C9H21NO3/c1-7(11-4)10(8(2)12-5)9(3)13-6/h7-9H,1-6H3. The lowest BCUT2D eigenvalue weighted by atomic mass is 10.4. The zero-order chi connectivity index (χ0) is 10.4. The van der Waals surface area contributed by atoms with Gasteiger partial charge in [0.05, 0.1) is 0 Å². The van der Waals surface area contributed by atoms with Crippen molar-refractivity contribution in [1.29, 1.82) is 0 Å². The van der Waals surface area contributed by atoms with Gasteiger partial charge < -0.3 is 14.2 Å². The second-order valence-corrected chi connectivity index (χ2v) is 2.95. The van der Waals surface area contributed by atoms with Gasteiger partial charge in [-0.15, -0.1) is 0 Å². The summed E-state index contributed by atoms with van der Waals surface area (Å²) in [5.74, 6) is 0. The Kier molecular flexibility index (Phi) is 6.24. The number of hydrogen-bond donors (Lipinski definition) is 0. The molecule has 0 aliphatic rings. The maximum absolute atomic E-state index is 5.22. The summed E-state index contributed by atoms with van der Waals surface area (Å²) in [6, 6.07) is 0. The molecule has 0 rings (SSSR count). The first-order chi connectivity index (χ1) is 6.08. The molecule has 0 bridgehead atoms. The van der Waals surface area contributed by atoms with Crippen molar-refractivity contribution in [2.45, 2.75) is 39.5 Å². The minimum Gasteiger partial charge on any atom is -0.367 e. The molecular formula is C9H21NO3. The van der Waals surface area contributed by atoms with E-state index in [2.05, 4.69) is 0 Å². The highest BCUT2D eigenvalue weighted by atomic mass is 16.5. The lowest BCUT2D eigenvalue weighted by Crippen LogP contribution is -2.48. The average molecular weight is 191 g/mol. The fraction of sp³-hybridized carbons (Fsp3) is 1.00. The highest BCUT2D eigenvalue weighted by Gasteiger charge is 2.24. The van der Waals surface area contributed by atoms with E-state index in [-0.39, 0.29) is 18.7 Å². The molecule has 13 heavy (non-hydrogen) atoms. The van der Waals surface area contributed by atoms with Crippen LogP contribution in [-0.4, -0.2) is 44.9 Å². The molecule has 0 aliphatic heterocycles. The highest BCUT2D eigenvalue weighted by molar-refractivity contribution is 4.62. The highest BCUT2D eigenvalue weighted by Crippen LogP contribution is 2.12. The first kappa shape index (κ1) is 12.8. The van der Waals surface area contributed by atoms with E-state index in [0.717, 1.165) is 0 Å². The molecule has 4 nitrogen and oxygen atoms in total. The van der Waals surface area contributed by atoms with E-state index >= 15 is 0 Å². The Bertz CT molecular complexity index is 108. The number of nitrogens with zero attached hydrogens (tertiary/aromatic N) is 1. The second-order valence-electron chi connectivity index (χ2n) is 2.95. The first-order valence-corrected chi connectivity index (χ1v) is 4.44. The molecule has 0 aliphatic carbocycles. The SMILES string of the molecule is COC(C)N(C(C)OC)C(C)OC. The number of methoxy groups -OCH3 is 3. The smallest absolute Gasteiger partial charge is 0.111 e. The molecule has 80 valence electrons. The van der Waals surface area contributed by atoms with Crippen molar-refractivity contribution >= 4 is 0 Å². The quantitative estimate of drug-likeness (QED) is 0.591. The molecule has 0 spiro atoms. The fourth-order valence-corrected chi connectivity index (χ4v) is 1.25. The molecule has 3 atom stereocenters. The molecule has 0 aromatic heterocycles. The molecule has 0 aromatic carbocycles. The van der Waals surface area contributed by atoms with E-state index in [0.29, 0.717) is 0 Å². The van der Waals surface area contributed by atoms with Crippen LogP contribution in [0.1, 0.15) is 20.8 Å². The topological polar surface area (TPSA) is 30.9 Å². The molecular weight excluding hydrogens is 170 g/mol. The average Bonchev–Trinajstić information content (AvgIpc) is 2.16. The summed E-state index contributed by atoms with van der Waals surface area (Å²) in [6.45, 7) is 5.89. The Labute approximate surface area is 80.8 Å². The third-order valence-electron chi connectivity index (χ3n) is 2.28. The van der Waals surface area contributed by atoms with Crippen LogP contribution in [0.2, 0.25) is 0 Å². The van der Waals surface area contributed by atoms with Crippen molar-refractivity contribution in [3.05, 3.63) is 0 Å². The van der Waals surface area contributed by atoms with Gasteiger partial charge in [-0.05, 0) is 20.8 Å². The first-order valence-electron chi connectivity index (χ1n) is 4.44. The summed E-state index contributed by atoms with van der Waals surface area (Å²) in [6.07, 6.45) is -0.0697. The fourth-order valence-electron chi connectivity index (χ4n) is 1.25. The number of ether oxygens (including phenoxy) is 3. The van der Waals surface area contributed by atoms with Gasteiger partial charge >= 0.3 is 0 Å². The predicted octanol–water partition coefficient (Wildman–Crippen LogP) is 1.27. The maximum atomic E-state index is 5.22. The lowest BCUT2D eigenvalue weighted by molar-refractivity contribution is -0.188. The van der Waals surface area contributed by atoms with Crippen LogP contribution in [0.15, 0.2) is 0 Å². The Morgan fingerprint density at radius 2 is 0.923 bits per heavy atom. The van der Waals surface area contributed by atoms with Crippen LogP contribution in [0.25, 0.3) is 0 Å². The third kappa shape index (κ3) is 3.60. The molecule has 0 heterocycles. The van der Waals surface area contributed by atoms with Crippen molar-refractivity contribution in [1.82, 2.24) is 4.90 Å². The van der Waals surface area contributed by atoms with E-state index in [1.807, 2.05) is 25.7 Å².